The zero-order valence-corrected chi connectivity index (χ0v) is 13.0. The molecule has 2 atom stereocenters. The first-order chi connectivity index (χ1) is 10.2. The van der Waals surface area contributed by atoms with E-state index in [-0.39, 0.29) is 11.6 Å². The molecule has 2 fully saturated rings. The number of nitrogens with two attached hydrogens (primary N) is 1. The van der Waals surface area contributed by atoms with Gasteiger partial charge in [0.25, 0.3) is 0 Å². The molecular formula is C18H27NO2. The quantitative estimate of drug-likeness (QED) is 0.925. The summed E-state index contributed by atoms with van der Waals surface area (Å²) in [7, 11) is 1.71. The molecular weight excluding hydrogens is 262 g/mol. The Hall–Kier alpha value is -1.06. The molecule has 1 saturated carbocycles. The summed E-state index contributed by atoms with van der Waals surface area (Å²) in [5.41, 5.74) is 7.96. The predicted octanol–water partition coefficient (Wildman–Crippen LogP) is 3.30. The third-order valence-electron chi connectivity index (χ3n) is 5.26. The average molecular weight is 289 g/mol. The fourth-order valence-corrected chi connectivity index (χ4v) is 4.04. The van der Waals surface area contributed by atoms with Crippen molar-refractivity contribution in [2.24, 2.45) is 11.7 Å². The van der Waals surface area contributed by atoms with Crippen molar-refractivity contribution in [2.45, 2.75) is 56.6 Å². The second-order valence-corrected chi connectivity index (χ2v) is 6.71. The van der Waals surface area contributed by atoms with E-state index in [0.717, 1.165) is 31.6 Å². The lowest BCUT2D eigenvalue weighted by Crippen LogP contribution is -2.44. The van der Waals surface area contributed by atoms with Crippen molar-refractivity contribution >= 4 is 0 Å². The van der Waals surface area contributed by atoms with Crippen LogP contribution in [0.3, 0.4) is 0 Å². The molecule has 21 heavy (non-hydrogen) atoms. The van der Waals surface area contributed by atoms with Crippen LogP contribution < -0.4 is 10.5 Å². The Kier molecular flexibility index (Phi) is 4.51. The summed E-state index contributed by atoms with van der Waals surface area (Å²) in [6, 6.07) is 8.50. The SMILES string of the molecule is COc1cccc(CC(N)C2CCOC3(CCCC3)C2)c1. The Bertz CT molecular complexity index is 468. The highest BCUT2D eigenvalue weighted by Crippen LogP contribution is 2.42. The standard InChI is InChI=1S/C18H27NO2/c1-20-16-6-4-5-14(11-16)12-17(19)15-7-10-21-18(13-15)8-2-3-9-18/h4-6,11,15,17H,2-3,7-10,12-13,19H2,1H3. The van der Waals surface area contributed by atoms with Gasteiger partial charge in [-0.15, -0.1) is 0 Å². The maximum atomic E-state index is 6.53. The summed E-state index contributed by atoms with van der Waals surface area (Å²) in [5, 5.41) is 0. The van der Waals surface area contributed by atoms with Gasteiger partial charge in [0, 0.05) is 12.6 Å². The molecule has 2 N–H and O–H groups in total. The number of rotatable bonds is 4. The van der Waals surface area contributed by atoms with Crippen LogP contribution in [-0.2, 0) is 11.2 Å². The van der Waals surface area contributed by atoms with Gasteiger partial charge in [-0.05, 0) is 55.7 Å². The molecule has 2 unspecified atom stereocenters. The van der Waals surface area contributed by atoms with E-state index in [0.29, 0.717) is 5.92 Å². The van der Waals surface area contributed by atoms with Crippen LogP contribution in [0.1, 0.15) is 44.1 Å². The lowest BCUT2D eigenvalue weighted by atomic mass is 9.79. The smallest absolute Gasteiger partial charge is 0.119 e. The van der Waals surface area contributed by atoms with Gasteiger partial charge in [-0.1, -0.05) is 25.0 Å². The molecule has 0 bridgehead atoms. The lowest BCUT2D eigenvalue weighted by molar-refractivity contribution is -0.0960. The van der Waals surface area contributed by atoms with Crippen LogP contribution in [0.4, 0.5) is 0 Å². The first kappa shape index (κ1) is 14.9. The fraction of sp³-hybridized carbons (Fsp3) is 0.667. The molecule has 116 valence electrons. The number of methoxy groups -OCH3 is 1. The summed E-state index contributed by atoms with van der Waals surface area (Å²) in [6.45, 7) is 0.885. The molecule has 3 rings (SSSR count). The molecule has 2 aliphatic rings. The van der Waals surface area contributed by atoms with Gasteiger partial charge >= 0.3 is 0 Å². The minimum Gasteiger partial charge on any atom is -0.497 e. The van der Waals surface area contributed by atoms with Gasteiger partial charge < -0.3 is 15.2 Å². The normalized spacial score (nSPS) is 25.9. The summed E-state index contributed by atoms with van der Waals surface area (Å²) in [5.74, 6) is 1.50. The topological polar surface area (TPSA) is 44.5 Å². The third kappa shape index (κ3) is 3.41. The van der Waals surface area contributed by atoms with Crippen molar-refractivity contribution in [2.75, 3.05) is 13.7 Å². The number of hydrogen-bond acceptors (Lipinski definition) is 3. The average Bonchev–Trinajstić information content (AvgIpc) is 2.95. The van der Waals surface area contributed by atoms with Gasteiger partial charge in [-0.25, -0.2) is 0 Å². The van der Waals surface area contributed by atoms with Crippen LogP contribution >= 0.6 is 0 Å². The van der Waals surface area contributed by atoms with Gasteiger partial charge in [-0.3, -0.25) is 0 Å². The Morgan fingerprint density at radius 2 is 2.19 bits per heavy atom. The molecule has 1 aliphatic carbocycles. The van der Waals surface area contributed by atoms with Crippen molar-refractivity contribution < 1.29 is 9.47 Å². The van der Waals surface area contributed by atoms with Crippen molar-refractivity contribution in [3.8, 4) is 5.75 Å². The summed E-state index contributed by atoms with van der Waals surface area (Å²) < 4.78 is 11.4. The first-order valence-electron chi connectivity index (χ1n) is 8.23. The van der Waals surface area contributed by atoms with E-state index >= 15 is 0 Å². The van der Waals surface area contributed by atoms with E-state index in [1.807, 2.05) is 12.1 Å². The summed E-state index contributed by atoms with van der Waals surface area (Å²) in [4.78, 5) is 0. The van der Waals surface area contributed by atoms with Gasteiger partial charge in [-0.2, -0.15) is 0 Å². The zero-order valence-electron chi connectivity index (χ0n) is 13.0. The highest BCUT2D eigenvalue weighted by atomic mass is 16.5. The summed E-state index contributed by atoms with van der Waals surface area (Å²) >= 11 is 0. The van der Waals surface area contributed by atoms with Crippen LogP contribution in [0.15, 0.2) is 24.3 Å². The van der Waals surface area contributed by atoms with Crippen molar-refractivity contribution in [3.63, 3.8) is 0 Å². The minimum absolute atomic E-state index is 0.162. The minimum atomic E-state index is 0.162. The van der Waals surface area contributed by atoms with Crippen LogP contribution in [0, 0.1) is 5.92 Å². The summed E-state index contributed by atoms with van der Waals surface area (Å²) in [6.07, 6.45) is 8.28. The van der Waals surface area contributed by atoms with Gasteiger partial charge in [0.15, 0.2) is 0 Å². The predicted molar refractivity (Wildman–Crippen MR) is 84.5 cm³/mol. The lowest BCUT2D eigenvalue weighted by Gasteiger charge is -2.40. The first-order valence-corrected chi connectivity index (χ1v) is 8.23. The van der Waals surface area contributed by atoms with E-state index < -0.39 is 0 Å². The molecule has 1 heterocycles. The van der Waals surface area contributed by atoms with Gasteiger partial charge in [0.1, 0.15) is 5.75 Å². The molecule has 0 radical (unpaired) electrons. The Morgan fingerprint density at radius 3 is 2.95 bits per heavy atom. The van der Waals surface area contributed by atoms with E-state index in [1.165, 1.54) is 31.2 Å². The molecule has 0 aromatic heterocycles. The largest absolute Gasteiger partial charge is 0.497 e. The fourth-order valence-electron chi connectivity index (χ4n) is 4.04. The molecule has 1 saturated heterocycles. The molecule has 1 aromatic rings. The molecule has 0 amide bonds. The number of benzene rings is 1. The molecule has 1 aromatic carbocycles. The maximum absolute atomic E-state index is 6.53. The second kappa shape index (κ2) is 6.37. The third-order valence-corrected chi connectivity index (χ3v) is 5.26. The van der Waals surface area contributed by atoms with Gasteiger partial charge in [0.05, 0.1) is 12.7 Å². The van der Waals surface area contributed by atoms with E-state index in [4.69, 9.17) is 15.2 Å². The van der Waals surface area contributed by atoms with E-state index in [1.54, 1.807) is 7.11 Å². The van der Waals surface area contributed by atoms with Crippen LogP contribution in [-0.4, -0.2) is 25.4 Å². The van der Waals surface area contributed by atoms with Crippen molar-refractivity contribution in [1.82, 2.24) is 0 Å². The zero-order chi connectivity index (χ0) is 14.7. The highest BCUT2D eigenvalue weighted by molar-refractivity contribution is 5.29. The Balaban J connectivity index is 1.63. The molecule has 1 spiro atoms. The molecule has 3 nitrogen and oxygen atoms in total. The van der Waals surface area contributed by atoms with Crippen LogP contribution in [0.2, 0.25) is 0 Å². The Labute approximate surface area is 127 Å². The number of ether oxygens (including phenoxy) is 2. The molecule has 3 heteroatoms. The maximum Gasteiger partial charge on any atom is 0.119 e. The van der Waals surface area contributed by atoms with E-state index in [9.17, 15) is 0 Å². The van der Waals surface area contributed by atoms with Crippen LogP contribution in [0.25, 0.3) is 0 Å². The monoisotopic (exact) mass is 289 g/mol. The second-order valence-electron chi connectivity index (χ2n) is 6.71. The highest BCUT2D eigenvalue weighted by Gasteiger charge is 2.41. The molecule has 1 aliphatic heterocycles. The van der Waals surface area contributed by atoms with E-state index in [2.05, 4.69) is 12.1 Å². The van der Waals surface area contributed by atoms with Gasteiger partial charge in [0.2, 0.25) is 0 Å². The van der Waals surface area contributed by atoms with Crippen molar-refractivity contribution in [3.05, 3.63) is 29.8 Å². The van der Waals surface area contributed by atoms with Crippen LogP contribution in [0.5, 0.6) is 5.75 Å². The van der Waals surface area contributed by atoms with Crippen molar-refractivity contribution in [1.29, 1.82) is 0 Å². The Morgan fingerprint density at radius 1 is 1.38 bits per heavy atom. The number of hydrogen-bond donors (Lipinski definition) is 1.